The van der Waals surface area contributed by atoms with Crippen LogP contribution in [0.1, 0.15) is 38.1 Å². The van der Waals surface area contributed by atoms with E-state index in [1.807, 2.05) is 18.7 Å². The lowest BCUT2D eigenvalue weighted by Gasteiger charge is -2.38. The molecule has 1 aromatic rings. The quantitative estimate of drug-likeness (QED) is 0.893. The molecule has 1 unspecified atom stereocenters. The molecule has 0 spiro atoms. The van der Waals surface area contributed by atoms with Gasteiger partial charge in [0.25, 0.3) is 0 Å². The first-order valence-corrected chi connectivity index (χ1v) is 8.22. The summed E-state index contributed by atoms with van der Waals surface area (Å²) in [5.41, 5.74) is 2.52. The third kappa shape index (κ3) is 3.62. The molecule has 0 aromatic carbocycles. The molecule has 0 radical (unpaired) electrons. The standard InChI is InChI=1S/C15H26BrN3O/c1-11(2)17-9-15(6-5-7-20-10-15)8-13-14(16)12(3)18-19(13)4/h11,17H,5-10H2,1-4H3. The van der Waals surface area contributed by atoms with E-state index in [1.54, 1.807) is 0 Å². The molecule has 114 valence electrons. The van der Waals surface area contributed by atoms with Gasteiger partial charge in [-0.2, -0.15) is 5.10 Å². The first kappa shape index (κ1) is 16.0. The van der Waals surface area contributed by atoms with Gasteiger partial charge in [-0.1, -0.05) is 13.8 Å². The topological polar surface area (TPSA) is 39.1 Å². The lowest BCUT2D eigenvalue weighted by molar-refractivity contribution is -0.00900. The Morgan fingerprint density at radius 3 is 2.75 bits per heavy atom. The van der Waals surface area contributed by atoms with Crippen LogP contribution in [0.5, 0.6) is 0 Å². The van der Waals surface area contributed by atoms with Gasteiger partial charge >= 0.3 is 0 Å². The van der Waals surface area contributed by atoms with E-state index in [2.05, 4.69) is 40.2 Å². The zero-order chi connectivity index (χ0) is 14.8. The minimum Gasteiger partial charge on any atom is -0.381 e. The van der Waals surface area contributed by atoms with Crippen molar-refractivity contribution in [2.24, 2.45) is 12.5 Å². The van der Waals surface area contributed by atoms with Crippen LogP contribution in [0.2, 0.25) is 0 Å². The molecule has 0 amide bonds. The summed E-state index contributed by atoms with van der Waals surface area (Å²) in [6.45, 7) is 9.17. The van der Waals surface area contributed by atoms with Crippen molar-refractivity contribution in [2.45, 2.75) is 46.1 Å². The second-order valence-corrected chi connectivity index (χ2v) is 7.13. The number of nitrogens with zero attached hydrogens (tertiary/aromatic N) is 2. The van der Waals surface area contributed by atoms with Gasteiger partial charge in [0, 0.05) is 31.7 Å². The van der Waals surface area contributed by atoms with E-state index in [0.717, 1.165) is 42.8 Å². The van der Waals surface area contributed by atoms with Crippen LogP contribution in [-0.2, 0) is 18.2 Å². The third-order valence-electron chi connectivity index (χ3n) is 4.09. The number of nitrogens with one attached hydrogen (secondary N) is 1. The van der Waals surface area contributed by atoms with Crippen LogP contribution in [0.25, 0.3) is 0 Å². The van der Waals surface area contributed by atoms with E-state index >= 15 is 0 Å². The van der Waals surface area contributed by atoms with Crippen LogP contribution in [-0.4, -0.2) is 35.6 Å². The number of aryl methyl sites for hydroxylation is 2. The van der Waals surface area contributed by atoms with Gasteiger partial charge in [-0.05, 0) is 42.1 Å². The molecular weight excluding hydrogens is 318 g/mol. The van der Waals surface area contributed by atoms with Crippen molar-refractivity contribution < 1.29 is 4.74 Å². The van der Waals surface area contributed by atoms with Crippen molar-refractivity contribution in [1.29, 1.82) is 0 Å². The Kier molecular flexibility index (Phi) is 5.26. The molecule has 1 aliphatic rings. The largest absolute Gasteiger partial charge is 0.381 e. The highest BCUT2D eigenvalue weighted by molar-refractivity contribution is 9.10. The third-order valence-corrected chi connectivity index (χ3v) is 5.12. The van der Waals surface area contributed by atoms with Gasteiger partial charge in [-0.3, -0.25) is 4.68 Å². The van der Waals surface area contributed by atoms with Crippen molar-refractivity contribution >= 4 is 15.9 Å². The maximum atomic E-state index is 5.79. The maximum absolute atomic E-state index is 5.79. The summed E-state index contributed by atoms with van der Waals surface area (Å²) < 4.78 is 8.94. The Morgan fingerprint density at radius 1 is 1.50 bits per heavy atom. The van der Waals surface area contributed by atoms with E-state index < -0.39 is 0 Å². The fraction of sp³-hybridized carbons (Fsp3) is 0.800. The number of hydrogen-bond donors (Lipinski definition) is 1. The smallest absolute Gasteiger partial charge is 0.0738 e. The molecule has 0 saturated carbocycles. The molecule has 2 rings (SSSR count). The van der Waals surface area contributed by atoms with Crippen molar-refractivity contribution in [3.63, 3.8) is 0 Å². The molecule has 1 aliphatic heterocycles. The van der Waals surface area contributed by atoms with Crippen LogP contribution in [0.4, 0.5) is 0 Å². The number of ether oxygens (including phenoxy) is 1. The Hall–Kier alpha value is -0.390. The van der Waals surface area contributed by atoms with Gasteiger partial charge in [0.15, 0.2) is 0 Å². The minimum atomic E-state index is 0.186. The van der Waals surface area contributed by atoms with Crippen LogP contribution >= 0.6 is 15.9 Å². The summed E-state index contributed by atoms with van der Waals surface area (Å²) in [5.74, 6) is 0. The Bertz CT molecular complexity index is 450. The number of aromatic nitrogens is 2. The molecule has 0 aliphatic carbocycles. The number of halogens is 1. The molecule has 2 heterocycles. The summed E-state index contributed by atoms with van der Waals surface area (Å²) in [6.07, 6.45) is 3.36. The number of rotatable bonds is 5. The van der Waals surface area contributed by atoms with E-state index in [4.69, 9.17) is 4.74 Å². The summed E-state index contributed by atoms with van der Waals surface area (Å²) in [6, 6.07) is 0.505. The van der Waals surface area contributed by atoms with E-state index in [-0.39, 0.29) is 5.41 Å². The Morgan fingerprint density at radius 2 is 2.25 bits per heavy atom. The second kappa shape index (κ2) is 6.58. The second-order valence-electron chi connectivity index (χ2n) is 6.34. The van der Waals surface area contributed by atoms with E-state index in [0.29, 0.717) is 6.04 Å². The van der Waals surface area contributed by atoms with Crippen molar-refractivity contribution in [1.82, 2.24) is 15.1 Å². The summed E-state index contributed by atoms with van der Waals surface area (Å²) in [4.78, 5) is 0. The van der Waals surface area contributed by atoms with Crippen molar-refractivity contribution in [3.8, 4) is 0 Å². The fourth-order valence-electron chi connectivity index (χ4n) is 2.90. The normalized spacial score (nSPS) is 23.5. The van der Waals surface area contributed by atoms with Gasteiger partial charge in [0.2, 0.25) is 0 Å². The van der Waals surface area contributed by atoms with Crippen molar-refractivity contribution in [3.05, 3.63) is 15.9 Å². The summed E-state index contributed by atoms with van der Waals surface area (Å²) in [5, 5.41) is 8.11. The van der Waals surface area contributed by atoms with Crippen LogP contribution in [0.15, 0.2) is 4.47 Å². The van der Waals surface area contributed by atoms with Gasteiger partial charge < -0.3 is 10.1 Å². The molecule has 1 aromatic heterocycles. The molecule has 1 saturated heterocycles. The van der Waals surface area contributed by atoms with E-state index in [9.17, 15) is 0 Å². The SMILES string of the molecule is Cc1nn(C)c(CC2(CNC(C)C)CCCOC2)c1Br. The predicted molar refractivity (Wildman–Crippen MR) is 85.0 cm³/mol. The highest BCUT2D eigenvalue weighted by Crippen LogP contribution is 2.35. The molecule has 1 atom stereocenters. The zero-order valence-corrected chi connectivity index (χ0v) is 14.6. The first-order chi connectivity index (χ1) is 9.43. The van der Waals surface area contributed by atoms with Crippen LogP contribution < -0.4 is 5.32 Å². The van der Waals surface area contributed by atoms with Crippen LogP contribution in [0, 0.1) is 12.3 Å². The monoisotopic (exact) mass is 343 g/mol. The lowest BCUT2D eigenvalue weighted by atomic mass is 9.78. The highest BCUT2D eigenvalue weighted by atomic mass is 79.9. The van der Waals surface area contributed by atoms with Gasteiger partial charge in [0.05, 0.1) is 22.5 Å². The molecular formula is C15H26BrN3O. The van der Waals surface area contributed by atoms with Crippen molar-refractivity contribution in [2.75, 3.05) is 19.8 Å². The summed E-state index contributed by atoms with van der Waals surface area (Å²) >= 11 is 3.69. The average molecular weight is 344 g/mol. The molecule has 0 bridgehead atoms. The lowest BCUT2D eigenvalue weighted by Crippen LogP contribution is -2.45. The van der Waals surface area contributed by atoms with E-state index in [1.165, 1.54) is 12.1 Å². The Labute approximate surface area is 130 Å². The fourth-order valence-corrected chi connectivity index (χ4v) is 3.38. The molecule has 1 fully saturated rings. The van der Waals surface area contributed by atoms with Gasteiger partial charge in [0.1, 0.15) is 0 Å². The van der Waals surface area contributed by atoms with Gasteiger partial charge in [-0.25, -0.2) is 0 Å². The molecule has 20 heavy (non-hydrogen) atoms. The zero-order valence-electron chi connectivity index (χ0n) is 13.0. The van der Waals surface area contributed by atoms with Gasteiger partial charge in [-0.15, -0.1) is 0 Å². The maximum Gasteiger partial charge on any atom is 0.0738 e. The number of hydrogen-bond acceptors (Lipinski definition) is 3. The Balaban J connectivity index is 2.18. The molecule has 4 nitrogen and oxygen atoms in total. The molecule has 5 heteroatoms. The summed E-state index contributed by atoms with van der Waals surface area (Å²) in [7, 11) is 2.03. The first-order valence-electron chi connectivity index (χ1n) is 7.43. The average Bonchev–Trinajstić information content (AvgIpc) is 2.64. The minimum absolute atomic E-state index is 0.186. The predicted octanol–water partition coefficient (Wildman–Crippen LogP) is 2.83. The van der Waals surface area contributed by atoms with Crippen LogP contribution in [0.3, 0.4) is 0 Å². The highest BCUT2D eigenvalue weighted by Gasteiger charge is 2.35. The molecule has 1 N–H and O–H groups in total.